The third-order valence-corrected chi connectivity index (χ3v) is 4.26. The molecule has 0 saturated carbocycles. The van der Waals surface area contributed by atoms with E-state index in [9.17, 15) is 14.4 Å². The number of ether oxygens (including phenoxy) is 1. The number of rotatable bonds is 6. The lowest BCUT2D eigenvalue weighted by Crippen LogP contribution is -2.28. The van der Waals surface area contributed by atoms with Crippen LogP contribution in [0, 0.1) is 6.92 Å². The molecule has 0 aliphatic rings. The number of aromatic amines is 1. The zero-order valence-electron chi connectivity index (χ0n) is 15.7. The monoisotopic (exact) mass is 379 g/mol. The van der Waals surface area contributed by atoms with E-state index in [0.717, 1.165) is 11.1 Å². The van der Waals surface area contributed by atoms with E-state index in [1.807, 2.05) is 31.2 Å². The number of amides is 1. The van der Waals surface area contributed by atoms with Crippen LogP contribution in [0.3, 0.4) is 0 Å². The van der Waals surface area contributed by atoms with Crippen LogP contribution in [0.1, 0.15) is 36.3 Å². The van der Waals surface area contributed by atoms with Gasteiger partial charge in [0.1, 0.15) is 12.4 Å². The molecule has 144 valence electrons. The van der Waals surface area contributed by atoms with Crippen molar-refractivity contribution in [3.8, 4) is 0 Å². The Morgan fingerprint density at radius 1 is 1.14 bits per heavy atom. The molecule has 1 aromatic heterocycles. The first-order valence-corrected chi connectivity index (χ1v) is 8.89. The van der Waals surface area contributed by atoms with E-state index < -0.39 is 12.0 Å². The summed E-state index contributed by atoms with van der Waals surface area (Å²) in [5.74, 6) is -0.475. The molecule has 1 amide bonds. The smallest absolute Gasteiger partial charge is 0.308 e. The zero-order valence-corrected chi connectivity index (χ0v) is 15.7. The number of aryl methyl sites for hydroxylation is 1. The molecule has 0 saturated heterocycles. The van der Waals surface area contributed by atoms with E-state index >= 15 is 0 Å². The second-order valence-corrected chi connectivity index (χ2v) is 6.56. The molecule has 1 heterocycles. The lowest BCUT2D eigenvalue weighted by atomic mass is 10.0. The van der Waals surface area contributed by atoms with Crippen LogP contribution in [0.5, 0.6) is 0 Å². The Balaban J connectivity index is 1.68. The summed E-state index contributed by atoms with van der Waals surface area (Å²) >= 11 is 0. The molecule has 28 heavy (non-hydrogen) atoms. The van der Waals surface area contributed by atoms with Gasteiger partial charge in [-0.2, -0.15) is 0 Å². The van der Waals surface area contributed by atoms with E-state index in [2.05, 4.69) is 15.3 Å². The molecule has 3 rings (SSSR count). The predicted octanol–water partition coefficient (Wildman–Crippen LogP) is 2.54. The van der Waals surface area contributed by atoms with Crippen LogP contribution in [0.25, 0.3) is 10.9 Å². The number of fused-ring (bicyclic) bond motifs is 1. The first kappa shape index (κ1) is 19.3. The Labute approximate surface area is 161 Å². The largest absolute Gasteiger partial charge is 0.457 e. The molecule has 0 bridgehead atoms. The summed E-state index contributed by atoms with van der Waals surface area (Å²) in [6.45, 7) is 3.21. The van der Waals surface area contributed by atoms with Crippen molar-refractivity contribution in [2.24, 2.45) is 0 Å². The highest BCUT2D eigenvalue weighted by molar-refractivity contribution is 5.77. The summed E-state index contributed by atoms with van der Waals surface area (Å²) in [5.41, 5.74) is 2.15. The Morgan fingerprint density at radius 3 is 2.57 bits per heavy atom. The van der Waals surface area contributed by atoms with Gasteiger partial charge in [-0.3, -0.25) is 14.4 Å². The molecule has 0 fully saturated rings. The molecule has 1 atom stereocenters. The van der Waals surface area contributed by atoms with Crippen molar-refractivity contribution < 1.29 is 14.3 Å². The Hall–Kier alpha value is -3.48. The Bertz CT molecular complexity index is 1060. The number of para-hydroxylation sites is 1. The van der Waals surface area contributed by atoms with Gasteiger partial charge in [-0.1, -0.05) is 42.0 Å². The van der Waals surface area contributed by atoms with Crippen molar-refractivity contribution >= 4 is 22.8 Å². The minimum atomic E-state index is -0.505. The van der Waals surface area contributed by atoms with Crippen LogP contribution < -0.4 is 10.9 Å². The molecular formula is C21H21N3O4. The van der Waals surface area contributed by atoms with Gasteiger partial charge >= 0.3 is 5.97 Å². The fraction of sp³-hybridized carbons (Fsp3) is 0.238. The number of hydrogen-bond donors (Lipinski definition) is 2. The number of carbonyl (C=O) groups is 2. The van der Waals surface area contributed by atoms with Crippen molar-refractivity contribution in [2.75, 3.05) is 0 Å². The third kappa shape index (κ3) is 4.82. The van der Waals surface area contributed by atoms with Gasteiger partial charge in [0.15, 0.2) is 0 Å². The number of aromatic nitrogens is 2. The Morgan fingerprint density at radius 2 is 1.86 bits per heavy atom. The van der Waals surface area contributed by atoms with Crippen LogP contribution in [0.15, 0.2) is 53.3 Å². The molecule has 0 spiro atoms. The van der Waals surface area contributed by atoms with Crippen LogP contribution in [-0.4, -0.2) is 21.8 Å². The number of H-pyrrole nitrogens is 1. The third-order valence-electron chi connectivity index (χ3n) is 4.26. The summed E-state index contributed by atoms with van der Waals surface area (Å²) in [4.78, 5) is 42.8. The lowest BCUT2D eigenvalue weighted by molar-refractivity contribution is -0.146. The summed E-state index contributed by atoms with van der Waals surface area (Å²) in [6, 6.07) is 14.0. The lowest BCUT2D eigenvalue weighted by Gasteiger charge is -2.18. The average Bonchev–Trinajstić information content (AvgIpc) is 2.66. The molecule has 7 nitrogen and oxygen atoms in total. The van der Waals surface area contributed by atoms with Crippen molar-refractivity contribution in [1.29, 1.82) is 0 Å². The minimum absolute atomic E-state index is 0.0273. The summed E-state index contributed by atoms with van der Waals surface area (Å²) < 4.78 is 5.27. The van der Waals surface area contributed by atoms with E-state index in [-0.39, 0.29) is 30.3 Å². The minimum Gasteiger partial charge on any atom is -0.457 e. The number of nitrogens with one attached hydrogen (secondary N) is 2. The number of hydrogen-bond acceptors (Lipinski definition) is 5. The number of esters is 1. The van der Waals surface area contributed by atoms with Crippen molar-refractivity contribution in [3.63, 3.8) is 0 Å². The number of nitrogens with zero attached hydrogens (tertiary/aromatic N) is 1. The molecule has 2 aromatic carbocycles. The van der Waals surface area contributed by atoms with Gasteiger partial charge in [0.25, 0.3) is 5.56 Å². The SMILES string of the molecule is CC(=O)N[C@H](CC(=O)OCc1nc2ccccc2c(=O)[nH]1)c1ccc(C)cc1. The summed E-state index contributed by atoms with van der Waals surface area (Å²) in [5, 5.41) is 3.24. The first-order chi connectivity index (χ1) is 13.4. The standard InChI is InChI=1S/C21H21N3O4/c1-13-7-9-15(10-8-13)18(22-14(2)25)11-20(26)28-12-19-23-17-6-4-3-5-16(17)21(27)24-19/h3-10,18H,11-12H2,1-2H3,(H,22,25)(H,23,24,27)/t18-/m1/s1. The molecule has 0 unspecified atom stereocenters. The van der Waals surface area contributed by atoms with Crippen molar-refractivity contribution in [1.82, 2.24) is 15.3 Å². The maximum atomic E-state index is 12.3. The predicted molar refractivity (Wildman–Crippen MR) is 105 cm³/mol. The molecule has 2 N–H and O–H groups in total. The topological polar surface area (TPSA) is 101 Å². The zero-order chi connectivity index (χ0) is 20.1. The summed E-state index contributed by atoms with van der Waals surface area (Å²) in [6.07, 6.45) is -0.0273. The van der Waals surface area contributed by atoms with E-state index in [1.54, 1.807) is 24.3 Å². The van der Waals surface area contributed by atoms with E-state index in [0.29, 0.717) is 10.9 Å². The van der Waals surface area contributed by atoms with Gasteiger partial charge in [-0.15, -0.1) is 0 Å². The highest BCUT2D eigenvalue weighted by Gasteiger charge is 2.18. The van der Waals surface area contributed by atoms with E-state index in [1.165, 1.54) is 6.92 Å². The fourth-order valence-corrected chi connectivity index (χ4v) is 2.87. The van der Waals surface area contributed by atoms with Gasteiger partial charge < -0.3 is 15.0 Å². The van der Waals surface area contributed by atoms with Gasteiger partial charge in [0.2, 0.25) is 5.91 Å². The van der Waals surface area contributed by atoms with Crippen LogP contribution in [0.2, 0.25) is 0 Å². The number of benzene rings is 2. The van der Waals surface area contributed by atoms with E-state index in [4.69, 9.17) is 4.74 Å². The average molecular weight is 379 g/mol. The second-order valence-electron chi connectivity index (χ2n) is 6.56. The highest BCUT2D eigenvalue weighted by atomic mass is 16.5. The second kappa shape index (κ2) is 8.47. The summed E-state index contributed by atoms with van der Waals surface area (Å²) in [7, 11) is 0. The maximum absolute atomic E-state index is 12.3. The molecule has 3 aromatic rings. The Kier molecular flexibility index (Phi) is 5.84. The molecule has 7 heteroatoms. The van der Waals surface area contributed by atoms with Crippen molar-refractivity contribution in [2.45, 2.75) is 32.9 Å². The quantitative estimate of drug-likeness (QED) is 0.641. The van der Waals surface area contributed by atoms with Gasteiger partial charge in [-0.05, 0) is 24.6 Å². The maximum Gasteiger partial charge on any atom is 0.308 e. The van der Waals surface area contributed by atoms with Crippen LogP contribution >= 0.6 is 0 Å². The van der Waals surface area contributed by atoms with Gasteiger partial charge in [0.05, 0.1) is 23.4 Å². The molecule has 0 aliphatic carbocycles. The molecule has 0 aliphatic heterocycles. The molecular weight excluding hydrogens is 358 g/mol. The number of carbonyl (C=O) groups excluding carboxylic acids is 2. The van der Waals surface area contributed by atoms with Gasteiger partial charge in [0, 0.05) is 6.92 Å². The first-order valence-electron chi connectivity index (χ1n) is 8.89. The normalized spacial score (nSPS) is 11.8. The highest BCUT2D eigenvalue weighted by Crippen LogP contribution is 2.18. The fourth-order valence-electron chi connectivity index (χ4n) is 2.87. The molecule has 0 radical (unpaired) electrons. The van der Waals surface area contributed by atoms with Crippen molar-refractivity contribution in [3.05, 3.63) is 75.8 Å². The van der Waals surface area contributed by atoms with Gasteiger partial charge in [-0.25, -0.2) is 4.98 Å². The van der Waals surface area contributed by atoms with Crippen LogP contribution in [-0.2, 0) is 20.9 Å². The van der Waals surface area contributed by atoms with Crippen LogP contribution in [0.4, 0.5) is 0 Å².